The zero-order valence-corrected chi connectivity index (χ0v) is 11.5. The van der Waals surface area contributed by atoms with Gasteiger partial charge >= 0.3 is 0 Å². The Morgan fingerprint density at radius 3 is 2.79 bits per heavy atom. The third-order valence-electron chi connectivity index (χ3n) is 2.43. The highest BCUT2D eigenvalue weighted by atomic mass is 32.2. The van der Waals surface area contributed by atoms with E-state index in [1.807, 2.05) is 0 Å². The molecule has 8 heteroatoms. The summed E-state index contributed by atoms with van der Waals surface area (Å²) >= 11 is 4.85. The van der Waals surface area contributed by atoms with Gasteiger partial charge in [0.1, 0.15) is 10.8 Å². The van der Waals surface area contributed by atoms with Gasteiger partial charge in [-0.2, -0.15) is 0 Å². The Morgan fingerprint density at radius 1 is 1.42 bits per heavy atom. The van der Waals surface area contributed by atoms with E-state index in [4.69, 9.17) is 18.0 Å². The van der Waals surface area contributed by atoms with E-state index in [1.165, 1.54) is 6.07 Å². The molecule has 2 rings (SSSR count). The van der Waals surface area contributed by atoms with Gasteiger partial charge in [0.25, 0.3) is 0 Å². The monoisotopic (exact) mass is 296 g/mol. The minimum absolute atomic E-state index is 0.0407. The first-order chi connectivity index (χ1) is 9.00. The van der Waals surface area contributed by atoms with Crippen molar-refractivity contribution in [3.8, 4) is 0 Å². The van der Waals surface area contributed by atoms with Crippen molar-refractivity contribution in [1.29, 1.82) is 0 Å². The van der Waals surface area contributed by atoms with Gasteiger partial charge in [-0.25, -0.2) is 18.1 Å². The Bertz CT molecular complexity index is 680. The van der Waals surface area contributed by atoms with Crippen LogP contribution in [0.1, 0.15) is 11.4 Å². The molecule has 0 aliphatic carbocycles. The molecule has 4 N–H and O–H groups in total. The number of sulfonamides is 1. The summed E-state index contributed by atoms with van der Waals surface area (Å²) in [6.45, 7) is 0.0704. The highest BCUT2D eigenvalue weighted by Gasteiger charge is 2.19. The fourth-order valence-corrected chi connectivity index (χ4v) is 2.99. The van der Waals surface area contributed by atoms with Gasteiger partial charge in [-0.15, -0.1) is 0 Å². The van der Waals surface area contributed by atoms with E-state index >= 15 is 0 Å². The van der Waals surface area contributed by atoms with Crippen molar-refractivity contribution in [1.82, 2.24) is 14.7 Å². The fourth-order valence-electron chi connectivity index (χ4n) is 1.54. The molecule has 0 saturated heterocycles. The second-order valence-corrected chi connectivity index (χ2v) is 5.90. The van der Waals surface area contributed by atoms with Gasteiger partial charge in [0.15, 0.2) is 0 Å². The lowest BCUT2D eigenvalue weighted by Crippen LogP contribution is -2.26. The van der Waals surface area contributed by atoms with Crippen molar-refractivity contribution >= 4 is 27.2 Å². The van der Waals surface area contributed by atoms with E-state index in [-0.39, 0.29) is 16.4 Å². The molecule has 0 spiro atoms. The Balaban J connectivity index is 2.27. The van der Waals surface area contributed by atoms with E-state index in [1.54, 1.807) is 30.6 Å². The lowest BCUT2D eigenvalue weighted by atomic mass is 10.2. The molecule has 2 aromatic rings. The molecule has 0 aliphatic heterocycles. The molecule has 1 heterocycles. The molecule has 1 aromatic heterocycles. The number of thiocarbonyl (C=S) groups is 1. The van der Waals surface area contributed by atoms with E-state index in [0.717, 1.165) is 0 Å². The van der Waals surface area contributed by atoms with Gasteiger partial charge in [0, 0.05) is 18.0 Å². The van der Waals surface area contributed by atoms with Crippen molar-refractivity contribution in [2.45, 2.75) is 11.4 Å². The highest BCUT2D eigenvalue weighted by molar-refractivity contribution is 7.89. The molecule has 0 radical (unpaired) electrons. The maximum Gasteiger partial charge on any atom is 0.241 e. The second kappa shape index (κ2) is 5.47. The average Bonchev–Trinajstić information content (AvgIpc) is 2.89. The zero-order valence-electron chi connectivity index (χ0n) is 9.83. The summed E-state index contributed by atoms with van der Waals surface area (Å²) in [5, 5.41) is 0. The Labute approximate surface area is 116 Å². The Morgan fingerprint density at radius 2 is 2.16 bits per heavy atom. The first kappa shape index (κ1) is 13.7. The number of nitrogens with two attached hydrogens (primary N) is 1. The molecular weight excluding hydrogens is 284 g/mol. The van der Waals surface area contributed by atoms with Crippen LogP contribution in [0.25, 0.3) is 0 Å². The Kier molecular flexibility index (Phi) is 3.93. The van der Waals surface area contributed by atoms with Crippen LogP contribution in [0.15, 0.2) is 41.6 Å². The lowest BCUT2D eigenvalue weighted by Gasteiger charge is -2.09. The number of nitrogens with one attached hydrogen (secondary N) is 2. The van der Waals surface area contributed by atoms with Gasteiger partial charge in [-0.1, -0.05) is 30.4 Å². The zero-order chi connectivity index (χ0) is 13.9. The molecule has 0 saturated carbocycles. The van der Waals surface area contributed by atoms with Crippen molar-refractivity contribution in [2.75, 3.05) is 0 Å². The molecule has 0 fully saturated rings. The van der Waals surface area contributed by atoms with Crippen LogP contribution in [0.2, 0.25) is 0 Å². The summed E-state index contributed by atoms with van der Waals surface area (Å²) in [6, 6.07) is 6.33. The second-order valence-electron chi connectivity index (χ2n) is 3.72. The largest absolute Gasteiger partial charge is 0.389 e. The van der Waals surface area contributed by atoms with Crippen LogP contribution >= 0.6 is 12.2 Å². The molecule has 6 nitrogen and oxygen atoms in total. The summed E-state index contributed by atoms with van der Waals surface area (Å²) in [7, 11) is -3.69. The number of rotatable bonds is 5. The lowest BCUT2D eigenvalue weighted by molar-refractivity contribution is 0.579. The normalized spacial score (nSPS) is 11.4. The molecular formula is C11H12N4O2S2. The van der Waals surface area contributed by atoms with E-state index in [9.17, 15) is 8.42 Å². The molecule has 0 unspecified atom stereocenters. The third kappa shape index (κ3) is 3.16. The van der Waals surface area contributed by atoms with Gasteiger partial charge < -0.3 is 10.7 Å². The Hall–Kier alpha value is -1.77. The molecule has 1 aromatic carbocycles. The van der Waals surface area contributed by atoms with Crippen molar-refractivity contribution in [2.24, 2.45) is 5.73 Å². The molecule has 0 amide bonds. The summed E-state index contributed by atoms with van der Waals surface area (Å²) in [5.41, 5.74) is 5.85. The van der Waals surface area contributed by atoms with Gasteiger partial charge in [0.05, 0.1) is 11.4 Å². The first-order valence-corrected chi connectivity index (χ1v) is 7.26. The van der Waals surface area contributed by atoms with Gasteiger partial charge in [-0.05, 0) is 6.07 Å². The molecule has 100 valence electrons. The van der Waals surface area contributed by atoms with Crippen molar-refractivity contribution in [3.05, 3.63) is 48.0 Å². The van der Waals surface area contributed by atoms with E-state index in [2.05, 4.69) is 14.7 Å². The van der Waals surface area contributed by atoms with Crippen molar-refractivity contribution in [3.63, 3.8) is 0 Å². The SMILES string of the molecule is NC(=S)c1ccccc1S(=O)(=O)NCc1ncc[nH]1. The topological polar surface area (TPSA) is 101 Å². The van der Waals surface area contributed by atoms with Crippen LogP contribution in [0, 0.1) is 0 Å². The van der Waals surface area contributed by atoms with Crippen LogP contribution in [0.3, 0.4) is 0 Å². The van der Waals surface area contributed by atoms with Crippen LogP contribution in [-0.2, 0) is 16.6 Å². The minimum atomic E-state index is -3.69. The van der Waals surface area contributed by atoms with E-state index in [0.29, 0.717) is 11.4 Å². The number of imidazole rings is 1. The number of hydrogen-bond donors (Lipinski definition) is 3. The van der Waals surface area contributed by atoms with Crippen LogP contribution in [-0.4, -0.2) is 23.4 Å². The third-order valence-corrected chi connectivity index (χ3v) is 4.11. The summed E-state index contributed by atoms with van der Waals surface area (Å²) in [4.78, 5) is 6.85. The number of aromatic nitrogens is 2. The minimum Gasteiger partial charge on any atom is -0.389 e. The fraction of sp³-hybridized carbons (Fsp3) is 0.0909. The summed E-state index contributed by atoms with van der Waals surface area (Å²) in [5.74, 6) is 0.524. The molecule has 0 aliphatic rings. The van der Waals surface area contributed by atoms with Crippen LogP contribution < -0.4 is 10.5 Å². The summed E-state index contributed by atoms with van der Waals surface area (Å²) in [6.07, 6.45) is 3.17. The maximum absolute atomic E-state index is 12.2. The standard InChI is InChI=1S/C11H12N4O2S2/c12-11(18)8-3-1-2-4-9(8)19(16,17)15-7-10-13-5-6-14-10/h1-6,15H,7H2,(H2,12,18)(H,13,14). The highest BCUT2D eigenvalue weighted by Crippen LogP contribution is 2.15. The maximum atomic E-state index is 12.2. The number of hydrogen-bond acceptors (Lipinski definition) is 4. The van der Waals surface area contributed by atoms with Crippen LogP contribution in [0.5, 0.6) is 0 Å². The molecule has 19 heavy (non-hydrogen) atoms. The number of nitrogens with zero attached hydrogens (tertiary/aromatic N) is 1. The van der Waals surface area contributed by atoms with Crippen LogP contribution in [0.4, 0.5) is 0 Å². The predicted octanol–water partition coefficient (Wildman–Crippen LogP) is 0.522. The van der Waals surface area contributed by atoms with Gasteiger partial charge in [-0.3, -0.25) is 0 Å². The number of benzene rings is 1. The molecule has 0 atom stereocenters. The first-order valence-electron chi connectivity index (χ1n) is 5.37. The summed E-state index contributed by atoms with van der Waals surface area (Å²) < 4.78 is 26.8. The van der Waals surface area contributed by atoms with E-state index < -0.39 is 10.0 Å². The molecule has 0 bridgehead atoms. The van der Waals surface area contributed by atoms with Gasteiger partial charge in [0.2, 0.25) is 10.0 Å². The predicted molar refractivity (Wildman–Crippen MR) is 74.9 cm³/mol. The van der Waals surface area contributed by atoms with Crippen molar-refractivity contribution < 1.29 is 8.42 Å². The number of aromatic amines is 1. The number of H-pyrrole nitrogens is 1. The smallest absolute Gasteiger partial charge is 0.241 e. The quantitative estimate of drug-likeness (QED) is 0.698. The average molecular weight is 296 g/mol.